The van der Waals surface area contributed by atoms with E-state index < -0.39 is 15.9 Å². The first-order valence-corrected chi connectivity index (χ1v) is 11.4. The Morgan fingerprint density at radius 3 is 2.42 bits per heavy atom. The number of hydrogen-bond acceptors (Lipinski definition) is 3. The van der Waals surface area contributed by atoms with Crippen LogP contribution in [0.1, 0.15) is 27.0 Å². The van der Waals surface area contributed by atoms with Crippen molar-refractivity contribution in [3.8, 4) is 0 Å². The maximum absolute atomic E-state index is 13.0. The van der Waals surface area contributed by atoms with E-state index in [2.05, 4.69) is 10.0 Å². The lowest BCUT2D eigenvalue weighted by molar-refractivity contribution is 0.0954. The molecule has 0 radical (unpaired) electrons. The highest BCUT2D eigenvalue weighted by Crippen LogP contribution is 2.27. The van der Waals surface area contributed by atoms with E-state index in [-0.39, 0.29) is 21.3 Å². The van der Waals surface area contributed by atoms with Gasteiger partial charge in [-0.1, -0.05) is 35.9 Å². The highest BCUT2D eigenvalue weighted by atomic mass is 35.5. The highest BCUT2D eigenvalue weighted by molar-refractivity contribution is 7.92. The summed E-state index contributed by atoms with van der Waals surface area (Å²) in [4.78, 5) is 12.3. The van der Waals surface area contributed by atoms with Gasteiger partial charge in [-0.05, 0) is 73.4 Å². The SMILES string of the molecule is Cc1ccc(C)c(NS(=O)(=O)c2cc(C(=O)NCCc3ccc(F)cc3)ccc2Cl)c1. The highest BCUT2D eigenvalue weighted by Gasteiger charge is 2.21. The molecule has 0 fully saturated rings. The van der Waals surface area contributed by atoms with Crippen molar-refractivity contribution in [2.24, 2.45) is 0 Å². The van der Waals surface area contributed by atoms with Crippen LogP contribution in [-0.4, -0.2) is 20.9 Å². The van der Waals surface area contributed by atoms with Crippen molar-refractivity contribution in [3.05, 3.63) is 93.8 Å². The summed E-state index contributed by atoms with van der Waals surface area (Å²) in [6, 6.07) is 15.5. The van der Waals surface area contributed by atoms with Crippen LogP contribution in [0.4, 0.5) is 10.1 Å². The molecule has 0 heterocycles. The minimum atomic E-state index is -4.00. The van der Waals surface area contributed by atoms with Crippen LogP contribution < -0.4 is 10.0 Å². The van der Waals surface area contributed by atoms with Crippen LogP contribution in [0.2, 0.25) is 5.02 Å². The van der Waals surface area contributed by atoms with E-state index in [1.807, 2.05) is 19.1 Å². The topological polar surface area (TPSA) is 75.3 Å². The van der Waals surface area contributed by atoms with Crippen molar-refractivity contribution in [2.75, 3.05) is 11.3 Å². The van der Waals surface area contributed by atoms with Crippen LogP contribution in [-0.2, 0) is 16.4 Å². The van der Waals surface area contributed by atoms with Crippen molar-refractivity contribution < 1.29 is 17.6 Å². The molecule has 31 heavy (non-hydrogen) atoms. The van der Waals surface area contributed by atoms with Crippen LogP contribution in [0.15, 0.2) is 65.6 Å². The van der Waals surface area contributed by atoms with E-state index >= 15 is 0 Å². The van der Waals surface area contributed by atoms with Gasteiger partial charge in [-0.2, -0.15) is 0 Å². The fraction of sp³-hybridized carbons (Fsp3) is 0.174. The fourth-order valence-electron chi connectivity index (χ4n) is 2.97. The zero-order valence-electron chi connectivity index (χ0n) is 17.1. The van der Waals surface area contributed by atoms with Gasteiger partial charge in [0.05, 0.1) is 10.7 Å². The van der Waals surface area contributed by atoms with E-state index in [9.17, 15) is 17.6 Å². The minimum absolute atomic E-state index is 0.0145. The van der Waals surface area contributed by atoms with Crippen molar-refractivity contribution in [1.82, 2.24) is 5.32 Å². The first-order chi connectivity index (χ1) is 14.7. The Balaban J connectivity index is 1.74. The molecule has 0 bridgehead atoms. The fourth-order valence-corrected chi connectivity index (χ4v) is 4.62. The molecule has 0 spiro atoms. The summed E-state index contributed by atoms with van der Waals surface area (Å²) in [5.41, 5.74) is 3.16. The Morgan fingerprint density at radius 2 is 1.71 bits per heavy atom. The van der Waals surface area contributed by atoms with Crippen LogP contribution in [0.25, 0.3) is 0 Å². The molecule has 0 saturated carbocycles. The average Bonchev–Trinajstić information content (AvgIpc) is 2.72. The molecule has 0 aliphatic rings. The summed E-state index contributed by atoms with van der Waals surface area (Å²) in [5.74, 6) is -0.751. The summed E-state index contributed by atoms with van der Waals surface area (Å²) in [6.45, 7) is 3.97. The quantitative estimate of drug-likeness (QED) is 0.528. The summed E-state index contributed by atoms with van der Waals surface area (Å²) < 4.78 is 41.4. The molecule has 5 nitrogen and oxygen atoms in total. The number of nitrogens with one attached hydrogen (secondary N) is 2. The Labute approximate surface area is 186 Å². The largest absolute Gasteiger partial charge is 0.352 e. The van der Waals surface area contributed by atoms with Crippen LogP contribution >= 0.6 is 11.6 Å². The molecular formula is C23H22ClFN2O3S. The summed E-state index contributed by atoms with van der Waals surface area (Å²) >= 11 is 6.14. The van der Waals surface area contributed by atoms with Crippen molar-refractivity contribution in [3.63, 3.8) is 0 Å². The van der Waals surface area contributed by atoms with Gasteiger partial charge in [0.15, 0.2) is 0 Å². The van der Waals surface area contributed by atoms with Gasteiger partial charge < -0.3 is 5.32 Å². The van der Waals surface area contributed by atoms with E-state index in [0.29, 0.717) is 18.7 Å². The zero-order chi connectivity index (χ0) is 22.6. The Bertz CT molecular complexity index is 1210. The number of hydrogen-bond donors (Lipinski definition) is 2. The average molecular weight is 461 g/mol. The van der Waals surface area contributed by atoms with E-state index in [4.69, 9.17) is 11.6 Å². The van der Waals surface area contributed by atoms with Gasteiger partial charge in [0.1, 0.15) is 10.7 Å². The Kier molecular flexibility index (Phi) is 6.97. The second-order valence-electron chi connectivity index (χ2n) is 7.20. The molecule has 0 saturated heterocycles. The number of amides is 1. The number of halogens is 2. The molecule has 0 unspecified atom stereocenters. The van der Waals surface area contributed by atoms with E-state index in [1.165, 1.54) is 30.3 Å². The first kappa shape index (κ1) is 22.8. The second-order valence-corrected chi connectivity index (χ2v) is 9.26. The molecule has 1 amide bonds. The zero-order valence-corrected chi connectivity index (χ0v) is 18.6. The lowest BCUT2D eigenvalue weighted by Gasteiger charge is -2.13. The molecule has 162 valence electrons. The molecule has 3 aromatic carbocycles. The molecule has 0 aromatic heterocycles. The van der Waals surface area contributed by atoms with Crippen molar-refractivity contribution in [1.29, 1.82) is 0 Å². The van der Waals surface area contributed by atoms with E-state index in [0.717, 1.165) is 16.7 Å². The smallest absolute Gasteiger partial charge is 0.263 e. The second kappa shape index (κ2) is 9.49. The normalized spacial score (nSPS) is 11.2. The van der Waals surface area contributed by atoms with Crippen molar-refractivity contribution in [2.45, 2.75) is 25.2 Å². The van der Waals surface area contributed by atoms with Gasteiger partial charge in [-0.15, -0.1) is 0 Å². The molecule has 0 aliphatic carbocycles. The molecule has 0 atom stereocenters. The number of aryl methyl sites for hydroxylation is 2. The Morgan fingerprint density at radius 1 is 1.00 bits per heavy atom. The third-order valence-electron chi connectivity index (χ3n) is 4.73. The van der Waals surface area contributed by atoms with Crippen molar-refractivity contribution >= 4 is 33.2 Å². The third kappa shape index (κ3) is 5.83. The summed E-state index contributed by atoms with van der Waals surface area (Å²) in [5, 5.41) is 2.75. The number of anilines is 1. The Hall–Kier alpha value is -2.90. The van der Waals surface area contributed by atoms with Gasteiger partial charge in [0.2, 0.25) is 0 Å². The predicted molar refractivity (Wildman–Crippen MR) is 121 cm³/mol. The van der Waals surface area contributed by atoms with Crippen LogP contribution in [0.3, 0.4) is 0 Å². The molecule has 8 heteroatoms. The number of benzene rings is 3. The van der Waals surface area contributed by atoms with Gasteiger partial charge in [0.25, 0.3) is 15.9 Å². The molecule has 0 aliphatic heterocycles. The number of rotatable bonds is 7. The monoisotopic (exact) mass is 460 g/mol. The molecule has 3 aromatic rings. The summed E-state index contributed by atoms with van der Waals surface area (Å²) in [7, 11) is -4.00. The maximum Gasteiger partial charge on any atom is 0.263 e. The van der Waals surface area contributed by atoms with Gasteiger partial charge in [-0.3, -0.25) is 9.52 Å². The maximum atomic E-state index is 13.0. The first-order valence-electron chi connectivity index (χ1n) is 9.58. The lowest BCUT2D eigenvalue weighted by atomic mass is 10.1. The van der Waals surface area contributed by atoms with E-state index in [1.54, 1.807) is 25.1 Å². The van der Waals surface area contributed by atoms with Gasteiger partial charge in [0, 0.05) is 12.1 Å². The van der Waals surface area contributed by atoms with Gasteiger partial charge >= 0.3 is 0 Å². The number of carbonyl (C=O) groups excluding carboxylic acids is 1. The minimum Gasteiger partial charge on any atom is -0.352 e. The summed E-state index contributed by atoms with van der Waals surface area (Å²) in [6.07, 6.45) is 0.513. The third-order valence-corrected chi connectivity index (χ3v) is 6.58. The van der Waals surface area contributed by atoms with Crippen LogP contribution in [0, 0.1) is 19.7 Å². The molecular weight excluding hydrogens is 439 g/mol. The standard InChI is InChI=1S/C23H22ClFN2O3S/c1-15-3-4-16(2)21(13-15)27-31(29,30)22-14-18(7-10-20(22)24)23(28)26-12-11-17-5-8-19(25)9-6-17/h3-10,13-14,27H,11-12H2,1-2H3,(H,26,28). The lowest BCUT2D eigenvalue weighted by Crippen LogP contribution is -2.26. The number of sulfonamides is 1. The van der Waals surface area contributed by atoms with Gasteiger partial charge in [-0.25, -0.2) is 12.8 Å². The molecule has 2 N–H and O–H groups in total. The number of carbonyl (C=O) groups is 1. The molecule has 3 rings (SSSR count). The predicted octanol–water partition coefficient (Wildman–Crippen LogP) is 4.87. The van der Waals surface area contributed by atoms with Crippen LogP contribution in [0.5, 0.6) is 0 Å².